The Balaban J connectivity index is 1.61. The molecule has 1 aromatic carbocycles. The van der Waals surface area contributed by atoms with Gasteiger partial charge in [0.05, 0.1) is 0 Å². The fraction of sp³-hybridized carbons (Fsp3) is 0.632. The van der Waals surface area contributed by atoms with E-state index in [0.29, 0.717) is 5.92 Å². The summed E-state index contributed by atoms with van der Waals surface area (Å²) in [7, 11) is 1.83. The monoisotopic (exact) mass is 331 g/mol. The highest BCUT2D eigenvalue weighted by Crippen LogP contribution is 2.07. The number of guanidine groups is 1. The number of piperazine rings is 1. The number of nitrogens with one attached hydrogen (secondary N) is 2. The molecule has 1 heterocycles. The lowest BCUT2D eigenvalue weighted by molar-refractivity contribution is 0.129. The van der Waals surface area contributed by atoms with Crippen molar-refractivity contribution >= 4 is 5.96 Å². The van der Waals surface area contributed by atoms with E-state index in [9.17, 15) is 0 Å². The molecule has 0 spiro atoms. The molecule has 0 aromatic heterocycles. The van der Waals surface area contributed by atoms with Crippen LogP contribution in [0.3, 0.4) is 0 Å². The van der Waals surface area contributed by atoms with Gasteiger partial charge in [0, 0.05) is 59.4 Å². The molecule has 134 valence electrons. The summed E-state index contributed by atoms with van der Waals surface area (Å²) >= 11 is 0. The van der Waals surface area contributed by atoms with E-state index in [-0.39, 0.29) is 0 Å². The molecule has 0 amide bonds. The van der Waals surface area contributed by atoms with Crippen molar-refractivity contribution in [2.75, 3.05) is 52.9 Å². The second-order valence-electron chi connectivity index (χ2n) is 6.88. The minimum absolute atomic E-state index is 0.626. The largest absolute Gasteiger partial charge is 0.356 e. The third-order valence-corrected chi connectivity index (χ3v) is 4.34. The molecule has 5 heteroatoms. The van der Waals surface area contributed by atoms with Crippen LogP contribution in [0.25, 0.3) is 0 Å². The van der Waals surface area contributed by atoms with Crippen LogP contribution in [0.1, 0.15) is 19.4 Å². The van der Waals surface area contributed by atoms with E-state index < -0.39 is 0 Å². The zero-order valence-electron chi connectivity index (χ0n) is 15.5. The second-order valence-corrected chi connectivity index (χ2v) is 6.88. The molecule has 1 aromatic rings. The summed E-state index contributed by atoms with van der Waals surface area (Å²) in [6, 6.07) is 10.8. The van der Waals surface area contributed by atoms with Gasteiger partial charge in [-0.25, -0.2) is 0 Å². The molecular weight excluding hydrogens is 298 g/mol. The Morgan fingerprint density at radius 1 is 1.04 bits per heavy atom. The molecule has 0 radical (unpaired) electrons. The van der Waals surface area contributed by atoms with Crippen LogP contribution in [-0.2, 0) is 6.54 Å². The lowest BCUT2D eigenvalue weighted by Crippen LogP contribution is -2.49. The van der Waals surface area contributed by atoms with E-state index in [1.54, 1.807) is 0 Å². The fourth-order valence-electron chi connectivity index (χ4n) is 2.87. The van der Waals surface area contributed by atoms with Gasteiger partial charge in [-0.05, 0) is 11.5 Å². The molecule has 24 heavy (non-hydrogen) atoms. The van der Waals surface area contributed by atoms with Gasteiger partial charge in [0.2, 0.25) is 0 Å². The molecule has 0 unspecified atom stereocenters. The van der Waals surface area contributed by atoms with Gasteiger partial charge in [-0.15, -0.1) is 0 Å². The average molecular weight is 332 g/mol. The molecule has 1 fully saturated rings. The zero-order chi connectivity index (χ0) is 17.2. The van der Waals surface area contributed by atoms with Crippen LogP contribution >= 0.6 is 0 Å². The molecular formula is C19H33N5. The van der Waals surface area contributed by atoms with Gasteiger partial charge in [-0.3, -0.25) is 14.8 Å². The molecule has 1 saturated heterocycles. The highest BCUT2D eigenvalue weighted by Gasteiger charge is 2.16. The summed E-state index contributed by atoms with van der Waals surface area (Å²) in [6.07, 6.45) is 0. The van der Waals surface area contributed by atoms with Crippen LogP contribution in [0.2, 0.25) is 0 Å². The van der Waals surface area contributed by atoms with Crippen molar-refractivity contribution in [1.29, 1.82) is 0 Å². The van der Waals surface area contributed by atoms with Crippen LogP contribution in [-0.4, -0.2) is 68.6 Å². The smallest absolute Gasteiger partial charge is 0.191 e. The Morgan fingerprint density at radius 3 is 2.33 bits per heavy atom. The van der Waals surface area contributed by atoms with Crippen LogP contribution in [0.4, 0.5) is 0 Å². The van der Waals surface area contributed by atoms with E-state index >= 15 is 0 Å². The van der Waals surface area contributed by atoms with Crippen LogP contribution < -0.4 is 10.6 Å². The van der Waals surface area contributed by atoms with Gasteiger partial charge in [0.1, 0.15) is 0 Å². The van der Waals surface area contributed by atoms with E-state index in [0.717, 1.165) is 58.3 Å². The molecule has 1 aliphatic rings. The van der Waals surface area contributed by atoms with Crippen molar-refractivity contribution in [1.82, 2.24) is 20.4 Å². The third-order valence-electron chi connectivity index (χ3n) is 4.34. The molecule has 0 bridgehead atoms. The number of nitrogens with zero attached hydrogens (tertiary/aromatic N) is 3. The molecule has 0 aliphatic carbocycles. The van der Waals surface area contributed by atoms with Gasteiger partial charge in [-0.1, -0.05) is 44.2 Å². The molecule has 1 aliphatic heterocycles. The summed E-state index contributed by atoms with van der Waals surface area (Å²) in [4.78, 5) is 9.35. The maximum absolute atomic E-state index is 4.27. The number of benzene rings is 1. The lowest BCUT2D eigenvalue weighted by Gasteiger charge is -2.34. The van der Waals surface area contributed by atoms with Crippen molar-refractivity contribution in [2.45, 2.75) is 20.4 Å². The van der Waals surface area contributed by atoms with Gasteiger partial charge in [0.25, 0.3) is 0 Å². The molecule has 0 saturated carbocycles. The summed E-state index contributed by atoms with van der Waals surface area (Å²) < 4.78 is 0. The first kappa shape index (κ1) is 18.7. The lowest BCUT2D eigenvalue weighted by atomic mass is 10.2. The third kappa shape index (κ3) is 6.89. The fourth-order valence-corrected chi connectivity index (χ4v) is 2.87. The van der Waals surface area contributed by atoms with Crippen LogP contribution in [0.5, 0.6) is 0 Å². The van der Waals surface area contributed by atoms with Crippen molar-refractivity contribution in [2.24, 2.45) is 10.9 Å². The summed E-state index contributed by atoms with van der Waals surface area (Å²) in [5.41, 5.74) is 1.41. The Hall–Kier alpha value is -1.59. The summed E-state index contributed by atoms with van der Waals surface area (Å²) in [6.45, 7) is 13.0. The van der Waals surface area contributed by atoms with Gasteiger partial charge < -0.3 is 10.6 Å². The maximum atomic E-state index is 4.27. The number of hydrogen-bond donors (Lipinski definition) is 2. The molecule has 2 N–H and O–H groups in total. The van der Waals surface area contributed by atoms with E-state index in [1.807, 2.05) is 7.05 Å². The second kappa shape index (κ2) is 10.3. The van der Waals surface area contributed by atoms with Crippen molar-refractivity contribution in [3.05, 3.63) is 35.9 Å². The molecule has 0 atom stereocenters. The van der Waals surface area contributed by atoms with Gasteiger partial charge in [-0.2, -0.15) is 0 Å². The van der Waals surface area contributed by atoms with Crippen molar-refractivity contribution < 1.29 is 0 Å². The van der Waals surface area contributed by atoms with Gasteiger partial charge in [0.15, 0.2) is 5.96 Å². The van der Waals surface area contributed by atoms with E-state index in [2.05, 4.69) is 69.6 Å². The van der Waals surface area contributed by atoms with Crippen molar-refractivity contribution in [3.8, 4) is 0 Å². The number of rotatable bonds is 7. The van der Waals surface area contributed by atoms with Crippen molar-refractivity contribution in [3.63, 3.8) is 0 Å². The predicted molar refractivity (Wildman–Crippen MR) is 102 cm³/mol. The highest BCUT2D eigenvalue weighted by molar-refractivity contribution is 5.79. The highest BCUT2D eigenvalue weighted by atomic mass is 15.3. The quantitative estimate of drug-likeness (QED) is 0.589. The van der Waals surface area contributed by atoms with Gasteiger partial charge >= 0.3 is 0 Å². The zero-order valence-corrected chi connectivity index (χ0v) is 15.5. The first-order chi connectivity index (χ1) is 11.7. The Labute approximate surface area is 147 Å². The normalized spacial score (nSPS) is 17.2. The Kier molecular flexibility index (Phi) is 8.05. The Bertz CT molecular complexity index is 478. The molecule has 2 rings (SSSR count). The summed E-state index contributed by atoms with van der Waals surface area (Å²) in [5, 5.41) is 6.76. The molecule has 5 nitrogen and oxygen atoms in total. The predicted octanol–water partition coefficient (Wildman–Crippen LogP) is 1.63. The first-order valence-corrected chi connectivity index (χ1v) is 9.10. The number of aliphatic imine (C=N–C) groups is 1. The topological polar surface area (TPSA) is 42.9 Å². The average Bonchev–Trinajstić information content (AvgIpc) is 2.60. The first-order valence-electron chi connectivity index (χ1n) is 9.10. The van der Waals surface area contributed by atoms with Crippen LogP contribution in [0.15, 0.2) is 35.3 Å². The number of hydrogen-bond acceptors (Lipinski definition) is 3. The standard InChI is InChI=1S/C19H33N5/c1-17(2)15-22-19(20-3)21-9-10-23-11-13-24(14-12-23)16-18-7-5-4-6-8-18/h4-8,17H,9-16H2,1-3H3,(H2,20,21,22). The van der Waals surface area contributed by atoms with Crippen LogP contribution in [0, 0.1) is 5.92 Å². The maximum Gasteiger partial charge on any atom is 0.191 e. The Morgan fingerprint density at radius 2 is 1.71 bits per heavy atom. The summed E-state index contributed by atoms with van der Waals surface area (Å²) in [5.74, 6) is 1.53. The van der Waals surface area contributed by atoms with E-state index in [1.165, 1.54) is 5.56 Å². The minimum atomic E-state index is 0.626. The minimum Gasteiger partial charge on any atom is -0.356 e. The van der Waals surface area contributed by atoms with E-state index in [4.69, 9.17) is 0 Å². The SMILES string of the molecule is CN=C(NCCN1CCN(Cc2ccccc2)CC1)NCC(C)C.